The fourth-order valence-corrected chi connectivity index (χ4v) is 4.69. The molecule has 0 aliphatic carbocycles. The first-order valence-electron chi connectivity index (χ1n) is 9.04. The van der Waals surface area contributed by atoms with Gasteiger partial charge in [0.15, 0.2) is 5.78 Å². The summed E-state index contributed by atoms with van der Waals surface area (Å²) in [5.74, 6) is -3.26. The highest BCUT2D eigenvalue weighted by Crippen LogP contribution is 2.52. The molecule has 2 fully saturated rings. The summed E-state index contributed by atoms with van der Waals surface area (Å²) in [7, 11) is 0. The van der Waals surface area contributed by atoms with Crippen molar-refractivity contribution in [1.29, 1.82) is 0 Å². The molecule has 0 spiro atoms. The summed E-state index contributed by atoms with van der Waals surface area (Å²) in [4.78, 5) is 40.0. The monoisotopic (exact) mass is 377 g/mol. The minimum absolute atomic E-state index is 0.186. The number of hydrogen-bond acceptors (Lipinski definition) is 5. The molecule has 28 heavy (non-hydrogen) atoms. The van der Waals surface area contributed by atoms with Gasteiger partial charge in [-0.25, -0.2) is 9.29 Å². The van der Waals surface area contributed by atoms with Crippen LogP contribution in [0.15, 0.2) is 53.6 Å². The van der Waals surface area contributed by atoms with Gasteiger partial charge in [0.25, 0.3) is 0 Å². The number of nitrogens with zero attached hydrogens (tertiary/aromatic N) is 3. The van der Waals surface area contributed by atoms with Gasteiger partial charge in [-0.2, -0.15) is 5.10 Å². The van der Waals surface area contributed by atoms with Crippen LogP contribution in [0.3, 0.4) is 0 Å². The molecule has 2 amide bonds. The van der Waals surface area contributed by atoms with E-state index in [9.17, 15) is 18.8 Å². The van der Waals surface area contributed by atoms with Crippen LogP contribution in [0.4, 0.5) is 10.1 Å². The SMILES string of the molecule is CC(=O)[C@@H]1[C@H]2C(=O)N(c3cccc(F)c3)C(=O)[C@@H]2[C@H]2c3ccccc3C=NN12. The predicted octanol–water partition coefficient (Wildman–Crippen LogP) is 2.29. The van der Waals surface area contributed by atoms with E-state index in [1.165, 1.54) is 25.1 Å². The van der Waals surface area contributed by atoms with Crippen molar-refractivity contribution in [3.05, 3.63) is 65.5 Å². The van der Waals surface area contributed by atoms with Gasteiger partial charge >= 0.3 is 0 Å². The van der Waals surface area contributed by atoms with Crippen LogP contribution in [0.25, 0.3) is 0 Å². The summed E-state index contributed by atoms with van der Waals surface area (Å²) in [6.45, 7) is 1.41. The second kappa shape index (κ2) is 5.82. The molecule has 4 atom stereocenters. The Balaban J connectivity index is 1.66. The van der Waals surface area contributed by atoms with Crippen molar-refractivity contribution >= 4 is 29.5 Å². The number of hydrogen-bond donors (Lipinski definition) is 0. The van der Waals surface area contributed by atoms with Crippen LogP contribution in [0.1, 0.15) is 24.1 Å². The number of hydrazone groups is 1. The zero-order valence-electron chi connectivity index (χ0n) is 14.9. The number of benzene rings is 2. The van der Waals surface area contributed by atoms with Crippen molar-refractivity contribution in [2.75, 3.05) is 4.90 Å². The number of amides is 2. The molecular formula is C21H16FN3O3. The molecule has 140 valence electrons. The predicted molar refractivity (Wildman–Crippen MR) is 99.0 cm³/mol. The van der Waals surface area contributed by atoms with E-state index in [-0.39, 0.29) is 11.5 Å². The summed E-state index contributed by atoms with van der Waals surface area (Å²) in [5, 5.41) is 6.00. The average molecular weight is 377 g/mol. The topological polar surface area (TPSA) is 70.0 Å². The number of carbonyl (C=O) groups excluding carboxylic acids is 3. The van der Waals surface area contributed by atoms with Crippen LogP contribution in [-0.2, 0) is 14.4 Å². The molecule has 2 aromatic rings. The lowest BCUT2D eigenvalue weighted by atomic mass is 9.84. The first-order chi connectivity index (χ1) is 13.5. The third kappa shape index (κ3) is 2.13. The Kier molecular flexibility index (Phi) is 3.49. The molecular weight excluding hydrogens is 361 g/mol. The van der Waals surface area contributed by atoms with Crippen molar-refractivity contribution < 1.29 is 18.8 Å². The Hall–Kier alpha value is -3.35. The number of rotatable bonds is 2. The lowest BCUT2D eigenvalue weighted by Crippen LogP contribution is -2.43. The zero-order chi connectivity index (χ0) is 19.6. The third-order valence-electron chi connectivity index (χ3n) is 5.78. The van der Waals surface area contributed by atoms with E-state index in [1.54, 1.807) is 11.2 Å². The van der Waals surface area contributed by atoms with Gasteiger partial charge in [0.1, 0.15) is 11.9 Å². The standard InChI is InChI=1S/C21H16FN3O3/c1-11(26)18-16-17(19-15-8-3-2-5-12(15)10-23-25(18)19)21(28)24(20(16)27)14-7-4-6-13(22)9-14/h2-10,16-19H,1H3/t16-,17-,18+,19+/m0/s1. The molecule has 0 unspecified atom stereocenters. The molecule has 0 radical (unpaired) electrons. The molecule has 5 rings (SSSR count). The van der Waals surface area contributed by atoms with Crippen molar-refractivity contribution in [1.82, 2.24) is 5.01 Å². The highest BCUT2D eigenvalue weighted by atomic mass is 19.1. The van der Waals surface area contributed by atoms with Gasteiger partial charge < -0.3 is 0 Å². The lowest BCUT2D eigenvalue weighted by molar-refractivity contribution is -0.129. The third-order valence-corrected chi connectivity index (χ3v) is 5.78. The van der Waals surface area contributed by atoms with Gasteiger partial charge in [0.2, 0.25) is 11.8 Å². The van der Waals surface area contributed by atoms with Gasteiger partial charge in [-0.15, -0.1) is 0 Å². The second-order valence-electron chi connectivity index (χ2n) is 7.30. The summed E-state index contributed by atoms with van der Waals surface area (Å²) in [5.41, 5.74) is 1.90. The Morgan fingerprint density at radius 3 is 2.54 bits per heavy atom. The summed E-state index contributed by atoms with van der Waals surface area (Å²) in [6, 6.07) is 11.6. The van der Waals surface area contributed by atoms with Gasteiger partial charge in [0.05, 0.1) is 29.8 Å². The quantitative estimate of drug-likeness (QED) is 0.753. The molecule has 3 heterocycles. The fourth-order valence-electron chi connectivity index (χ4n) is 4.69. The van der Waals surface area contributed by atoms with Crippen LogP contribution in [-0.4, -0.2) is 34.9 Å². The molecule has 3 aliphatic heterocycles. The van der Waals surface area contributed by atoms with Gasteiger partial charge in [0, 0.05) is 0 Å². The van der Waals surface area contributed by atoms with Crippen LogP contribution in [0.2, 0.25) is 0 Å². The number of ketones is 1. The van der Waals surface area contributed by atoms with Crippen molar-refractivity contribution in [2.24, 2.45) is 16.9 Å². The summed E-state index contributed by atoms with van der Waals surface area (Å²) < 4.78 is 13.7. The van der Waals surface area contributed by atoms with Crippen molar-refractivity contribution in [3.8, 4) is 0 Å². The Morgan fingerprint density at radius 1 is 1.04 bits per heavy atom. The van der Waals surface area contributed by atoms with Crippen LogP contribution >= 0.6 is 0 Å². The van der Waals surface area contributed by atoms with E-state index >= 15 is 0 Å². The normalized spacial score (nSPS) is 27.6. The van der Waals surface area contributed by atoms with E-state index in [4.69, 9.17) is 0 Å². The lowest BCUT2D eigenvalue weighted by Gasteiger charge is -2.33. The number of Topliss-reactive ketones (excluding diaryl/α,β-unsaturated/α-hetero) is 1. The first-order valence-corrected chi connectivity index (χ1v) is 9.04. The number of carbonyl (C=O) groups is 3. The molecule has 2 aromatic carbocycles. The van der Waals surface area contributed by atoms with Gasteiger partial charge in [-0.3, -0.25) is 19.4 Å². The second-order valence-corrected chi connectivity index (χ2v) is 7.30. The molecule has 2 saturated heterocycles. The Bertz CT molecular complexity index is 1070. The van der Waals surface area contributed by atoms with Crippen molar-refractivity contribution in [3.63, 3.8) is 0 Å². The largest absolute Gasteiger partial charge is 0.298 e. The number of halogens is 1. The number of imide groups is 1. The van der Waals surface area contributed by atoms with Crippen LogP contribution in [0, 0.1) is 17.7 Å². The van der Waals surface area contributed by atoms with Crippen molar-refractivity contribution in [2.45, 2.75) is 19.0 Å². The zero-order valence-corrected chi connectivity index (χ0v) is 14.9. The number of fused-ring (bicyclic) bond motifs is 5. The molecule has 0 N–H and O–H groups in total. The van der Waals surface area contributed by atoms with E-state index in [0.717, 1.165) is 22.1 Å². The Morgan fingerprint density at radius 2 is 1.79 bits per heavy atom. The number of anilines is 1. The highest BCUT2D eigenvalue weighted by Gasteiger charge is 2.64. The van der Waals surface area contributed by atoms with E-state index < -0.39 is 41.6 Å². The summed E-state index contributed by atoms with van der Waals surface area (Å²) in [6.07, 6.45) is 1.65. The summed E-state index contributed by atoms with van der Waals surface area (Å²) >= 11 is 0. The molecule has 7 heteroatoms. The average Bonchev–Trinajstić information content (AvgIpc) is 3.15. The van der Waals surface area contributed by atoms with Crippen LogP contribution < -0.4 is 4.90 Å². The minimum Gasteiger partial charge on any atom is -0.298 e. The highest BCUT2D eigenvalue weighted by molar-refractivity contribution is 6.24. The fraction of sp³-hybridized carbons (Fsp3) is 0.238. The maximum atomic E-state index is 13.7. The van der Waals surface area contributed by atoms with Gasteiger partial charge in [-0.05, 0) is 36.2 Å². The maximum Gasteiger partial charge on any atom is 0.240 e. The maximum absolute atomic E-state index is 13.7. The molecule has 0 bridgehead atoms. The minimum atomic E-state index is -0.846. The molecule has 3 aliphatic rings. The molecule has 6 nitrogen and oxygen atoms in total. The van der Waals surface area contributed by atoms with Crippen LogP contribution in [0.5, 0.6) is 0 Å². The smallest absolute Gasteiger partial charge is 0.240 e. The first kappa shape index (κ1) is 16.8. The van der Waals surface area contributed by atoms with E-state index in [0.29, 0.717) is 0 Å². The molecule has 0 aromatic heterocycles. The van der Waals surface area contributed by atoms with Gasteiger partial charge in [-0.1, -0.05) is 30.3 Å². The molecule has 0 saturated carbocycles. The van der Waals surface area contributed by atoms with E-state index in [1.807, 2.05) is 24.3 Å². The Labute approximate surface area is 160 Å². The van der Waals surface area contributed by atoms with E-state index in [2.05, 4.69) is 5.10 Å².